The lowest BCUT2D eigenvalue weighted by molar-refractivity contribution is 0.802. The molecule has 0 unspecified atom stereocenters. The number of hydrogen-bond donors (Lipinski definition) is 1. The van der Waals surface area contributed by atoms with Crippen LogP contribution >= 0.6 is 0 Å². The van der Waals surface area contributed by atoms with Gasteiger partial charge in [-0.1, -0.05) is 49.1 Å². The van der Waals surface area contributed by atoms with Crippen LogP contribution in [0.1, 0.15) is 29.4 Å². The monoisotopic (exact) mass is 394 g/mol. The summed E-state index contributed by atoms with van der Waals surface area (Å²) in [5.74, 6) is 0. The van der Waals surface area contributed by atoms with Gasteiger partial charge in [-0.05, 0) is 42.2 Å². The first-order valence-corrected chi connectivity index (χ1v) is 9.84. The van der Waals surface area contributed by atoms with Gasteiger partial charge in [0.25, 0.3) is 0 Å². The van der Waals surface area contributed by atoms with Gasteiger partial charge < -0.3 is 10.3 Å². The number of hydrogen-bond acceptors (Lipinski definition) is 3. The summed E-state index contributed by atoms with van der Waals surface area (Å²) < 4.78 is 2.25. The van der Waals surface area contributed by atoms with Crippen molar-refractivity contribution in [3.8, 4) is 0 Å². The van der Waals surface area contributed by atoms with Crippen molar-refractivity contribution in [1.82, 2.24) is 4.57 Å². The van der Waals surface area contributed by atoms with Gasteiger partial charge in [-0.25, -0.2) is 0 Å². The van der Waals surface area contributed by atoms with E-state index in [9.17, 15) is 0 Å². The first-order valence-electron chi connectivity index (χ1n) is 9.84. The Morgan fingerprint density at radius 3 is 2.97 bits per heavy atom. The van der Waals surface area contributed by atoms with E-state index < -0.39 is 0 Å². The smallest absolute Gasteiger partial charge is 0.0687 e. The number of rotatable bonds is 7. The summed E-state index contributed by atoms with van der Waals surface area (Å²) in [6, 6.07) is 0. The highest BCUT2D eigenvalue weighted by Gasteiger charge is 2.20. The third kappa shape index (κ3) is 4.76. The molecular weight excluding hydrogens is 368 g/mol. The fourth-order valence-corrected chi connectivity index (χ4v) is 3.46. The molecule has 0 aliphatic carbocycles. The van der Waals surface area contributed by atoms with Crippen LogP contribution in [0.2, 0.25) is 0 Å². The molecule has 4 nitrogen and oxygen atoms in total. The van der Waals surface area contributed by atoms with Gasteiger partial charge >= 0.3 is 0 Å². The standard InChI is InChI=1S/C26H26N4/c1-20(2)22(21(3)10-5-4-7-14-27)11-6-8-17-30-25-18-28-15-9-12-23(25)24-13-16-29-19-26(24)30/h4-6,8,10-12,14-15,18-19H,1,3,13,16-17,27H2,2H3/b8-6-,10-5-,22-11+. The molecule has 0 amide bonds. The summed E-state index contributed by atoms with van der Waals surface area (Å²) in [5, 5.41) is 0. The molecule has 0 bridgehead atoms. The predicted octanol–water partition coefficient (Wildman–Crippen LogP) is 4.82. The molecule has 2 N–H and O–H groups in total. The topological polar surface area (TPSA) is 55.7 Å². The molecule has 1 aromatic heterocycles. The molecule has 0 fully saturated rings. The van der Waals surface area contributed by atoms with Gasteiger partial charge in [0.15, 0.2) is 0 Å². The number of aromatic nitrogens is 1. The van der Waals surface area contributed by atoms with E-state index in [0.717, 1.165) is 47.6 Å². The normalized spacial score (nSPS) is 14.5. The fourth-order valence-electron chi connectivity index (χ4n) is 3.46. The average Bonchev–Trinajstić information content (AvgIpc) is 2.88. The van der Waals surface area contributed by atoms with Gasteiger partial charge in [0.05, 0.1) is 23.8 Å². The van der Waals surface area contributed by atoms with E-state index in [1.54, 1.807) is 12.3 Å². The maximum Gasteiger partial charge on any atom is 0.0687 e. The zero-order chi connectivity index (χ0) is 21.3. The molecule has 0 aromatic carbocycles. The van der Waals surface area contributed by atoms with Crippen LogP contribution in [0, 0.1) is 0 Å². The maximum absolute atomic E-state index is 5.28. The zero-order valence-electron chi connectivity index (χ0n) is 17.3. The Balaban J connectivity index is 1.84. The lowest BCUT2D eigenvalue weighted by Crippen LogP contribution is -2.09. The Hall–Kier alpha value is -3.84. The second-order valence-electron chi connectivity index (χ2n) is 6.95. The van der Waals surface area contributed by atoms with E-state index in [0.29, 0.717) is 0 Å². The second kappa shape index (κ2) is 10.1. The third-order valence-corrected chi connectivity index (χ3v) is 4.85. The number of fused-ring (bicyclic) bond motifs is 3. The summed E-state index contributed by atoms with van der Waals surface area (Å²) in [7, 11) is 0. The molecule has 2 aliphatic heterocycles. The minimum atomic E-state index is 0.718. The number of nitrogens with two attached hydrogens (primary N) is 1. The van der Waals surface area contributed by atoms with E-state index >= 15 is 0 Å². The highest BCUT2D eigenvalue weighted by molar-refractivity contribution is 5.93. The summed E-state index contributed by atoms with van der Waals surface area (Å²) >= 11 is 0. The SMILES string of the molecule is C=C(C)/C(=C\C=C/Cn1c2c(c3c1C=NCC3)C=C=CN=C2)C(=C)/C=C\C=C=CN. The van der Waals surface area contributed by atoms with Crippen LogP contribution in [0.5, 0.6) is 0 Å². The van der Waals surface area contributed by atoms with E-state index in [1.807, 2.05) is 49.7 Å². The molecule has 1 aromatic rings. The Morgan fingerprint density at radius 2 is 2.17 bits per heavy atom. The highest BCUT2D eigenvalue weighted by atomic mass is 15.0. The fraction of sp³-hybridized carbons (Fsp3) is 0.154. The van der Waals surface area contributed by atoms with Crippen molar-refractivity contribution in [2.75, 3.05) is 6.54 Å². The molecule has 30 heavy (non-hydrogen) atoms. The summed E-state index contributed by atoms with van der Waals surface area (Å²) in [5.41, 5.74) is 18.8. The lowest BCUT2D eigenvalue weighted by Gasteiger charge is -2.10. The Kier molecular flexibility index (Phi) is 7.02. The molecule has 0 radical (unpaired) electrons. The van der Waals surface area contributed by atoms with E-state index in [-0.39, 0.29) is 0 Å². The van der Waals surface area contributed by atoms with Crippen molar-refractivity contribution in [3.05, 3.63) is 113 Å². The third-order valence-electron chi connectivity index (χ3n) is 4.85. The molecule has 3 rings (SSSR count). The van der Waals surface area contributed by atoms with Crippen LogP contribution in [0.25, 0.3) is 6.08 Å². The van der Waals surface area contributed by atoms with Crippen molar-refractivity contribution in [2.24, 2.45) is 15.7 Å². The second-order valence-corrected chi connectivity index (χ2v) is 6.95. The van der Waals surface area contributed by atoms with Crippen LogP contribution in [0.4, 0.5) is 0 Å². The quantitative estimate of drug-likeness (QED) is 0.523. The van der Waals surface area contributed by atoms with Crippen LogP contribution in [0.3, 0.4) is 0 Å². The highest BCUT2D eigenvalue weighted by Crippen LogP contribution is 2.26. The lowest BCUT2D eigenvalue weighted by atomic mass is 10.0. The first kappa shape index (κ1) is 20.9. The van der Waals surface area contributed by atoms with Crippen molar-refractivity contribution < 1.29 is 0 Å². The number of allylic oxidation sites excluding steroid dienone is 9. The van der Waals surface area contributed by atoms with Crippen LogP contribution < -0.4 is 5.73 Å². The number of nitrogens with zero attached hydrogens (tertiary/aromatic N) is 3. The largest absolute Gasteiger partial charge is 0.398 e. The minimum Gasteiger partial charge on any atom is -0.398 e. The van der Waals surface area contributed by atoms with Crippen molar-refractivity contribution in [2.45, 2.75) is 19.9 Å². The first-order chi connectivity index (χ1) is 14.6. The molecular formula is C26H26N4. The van der Waals surface area contributed by atoms with Crippen molar-refractivity contribution >= 4 is 18.5 Å². The zero-order valence-corrected chi connectivity index (χ0v) is 17.3. The molecule has 0 spiro atoms. The molecule has 3 heterocycles. The molecule has 150 valence electrons. The van der Waals surface area contributed by atoms with Gasteiger partial charge in [0.2, 0.25) is 0 Å². The van der Waals surface area contributed by atoms with Gasteiger partial charge in [-0.3, -0.25) is 9.98 Å². The minimum absolute atomic E-state index is 0.718. The molecule has 0 saturated carbocycles. The van der Waals surface area contributed by atoms with Crippen molar-refractivity contribution in [1.29, 1.82) is 0 Å². The molecule has 0 saturated heterocycles. The van der Waals surface area contributed by atoms with Crippen LogP contribution in [0.15, 0.2) is 100 Å². The maximum atomic E-state index is 5.28. The van der Waals surface area contributed by atoms with Crippen LogP contribution in [-0.4, -0.2) is 23.5 Å². The number of aliphatic imine (C=N–C) groups is 2. The van der Waals surface area contributed by atoms with Gasteiger partial charge in [0, 0.05) is 31.1 Å². The Morgan fingerprint density at radius 1 is 1.30 bits per heavy atom. The van der Waals surface area contributed by atoms with Gasteiger partial charge in [0.1, 0.15) is 0 Å². The van der Waals surface area contributed by atoms with E-state index in [2.05, 4.69) is 45.2 Å². The molecule has 4 heteroatoms. The van der Waals surface area contributed by atoms with Crippen LogP contribution in [-0.2, 0) is 13.0 Å². The van der Waals surface area contributed by atoms with Gasteiger partial charge in [-0.2, -0.15) is 0 Å². The van der Waals surface area contributed by atoms with Gasteiger partial charge in [-0.15, -0.1) is 11.5 Å². The summed E-state index contributed by atoms with van der Waals surface area (Å²) in [6.45, 7) is 11.7. The van der Waals surface area contributed by atoms with Crippen molar-refractivity contribution in [3.63, 3.8) is 0 Å². The summed E-state index contributed by atoms with van der Waals surface area (Å²) in [4.78, 5) is 8.79. The Labute approximate surface area is 178 Å². The predicted molar refractivity (Wildman–Crippen MR) is 128 cm³/mol. The Bertz CT molecular complexity index is 1130. The van der Waals surface area contributed by atoms with E-state index in [1.165, 1.54) is 17.3 Å². The average molecular weight is 395 g/mol. The van der Waals surface area contributed by atoms with E-state index in [4.69, 9.17) is 5.73 Å². The molecule has 0 atom stereocenters. The molecule has 2 aliphatic rings. The summed E-state index contributed by atoms with van der Waals surface area (Å²) in [6.07, 6.45) is 21.6.